The smallest absolute Gasteiger partial charge is 0.326 e. The van der Waals surface area contributed by atoms with Crippen molar-refractivity contribution in [2.24, 2.45) is 0 Å². The molecule has 1 aliphatic rings. The summed E-state index contributed by atoms with van der Waals surface area (Å²) in [5.74, 6) is -0.427. The Bertz CT molecular complexity index is 1260. The molecule has 3 aromatic rings. The van der Waals surface area contributed by atoms with Crippen LogP contribution in [0.5, 0.6) is 5.75 Å². The summed E-state index contributed by atoms with van der Waals surface area (Å²) in [7, 11) is 0. The monoisotopic (exact) mass is 517 g/mol. The van der Waals surface area contributed by atoms with Crippen LogP contribution in [0.15, 0.2) is 53.3 Å². The number of carbonyl (C=O) groups is 1. The highest BCUT2D eigenvalue weighted by Gasteiger charge is 2.20. The molecule has 0 amide bonds. The van der Waals surface area contributed by atoms with Gasteiger partial charge in [0.2, 0.25) is 0 Å². The lowest BCUT2D eigenvalue weighted by Gasteiger charge is -2.36. The second-order valence-corrected chi connectivity index (χ2v) is 9.52. The Balaban J connectivity index is 1.26. The zero-order valence-electron chi connectivity index (χ0n) is 19.6. The van der Waals surface area contributed by atoms with Crippen LogP contribution in [0.1, 0.15) is 25.8 Å². The molecular formula is C26H29Cl2N3O4. The molecule has 1 saturated heterocycles. The molecule has 1 aromatic heterocycles. The fourth-order valence-electron chi connectivity index (χ4n) is 4.41. The van der Waals surface area contributed by atoms with Crippen molar-refractivity contribution in [1.82, 2.24) is 9.47 Å². The summed E-state index contributed by atoms with van der Waals surface area (Å²) in [6, 6.07) is 13.3. The molecule has 2 aromatic carbocycles. The molecule has 9 heteroatoms. The van der Waals surface area contributed by atoms with Gasteiger partial charge in [0.1, 0.15) is 11.8 Å². The number of benzene rings is 2. The zero-order valence-corrected chi connectivity index (χ0v) is 21.1. The van der Waals surface area contributed by atoms with E-state index in [0.29, 0.717) is 27.9 Å². The molecular weight excluding hydrogens is 489 g/mol. The highest BCUT2D eigenvalue weighted by atomic mass is 35.5. The molecule has 0 bridgehead atoms. The van der Waals surface area contributed by atoms with Crippen molar-refractivity contribution in [2.75, 3.05) is 44.2 Å². The van der Waals surface area contributed by atoms with Crippen LogP contribution in [-0.2, 0) is 4.79 Å². The van der Waals surface area contributed by atoms with Gasteiger partial charge in [-0.05, 0) is 62.0 Å². The van der Waals surface area contributed by atoms with E-state index in [4.69, 9.17) is 27.9 Å². The van der Waals surface area contributed by atoms with Crippen LogP contribution in [0.4, 0.5) is 5.69 Å². The van der Waals surface area contributed by atoms with E-state index in [-0.39, 0.29) is 5.56 Å². The molecule has 1 unspecified atom stereocenters. The van der Waals surface area contributed by atoms with E-state index in [1.54, 1.807) is 18.2 Å². The first-order chi connectivity index (χ1) is 16.8. The van der Waals surface area contributed by atoms with Gasteiger partial charge in [0.05, 0.1) is 27.9 Å². The van der Waals surface area contributed by atoms with E-state index in [2.05, 4.69) is 9.80 Å². The fourth-order valence-corrected chi connectivity index (χ4v) is 4.82. The summed E-state index contributed by atoms with van der Waals surface area (Å²) in [4.78, 5) is 28.5. The molecule has 0 saturated carbocycles. The number of hydrogen-bond acceptors (Lipinski definition) is 5. The molecule has 0 spiro atoms. The molecule has 0 radical (unpaired) electrons. The van der Waals surface area contributed by atoms with E-state index < -0.39 is 12.0 Å². The van der Waals surface area contributed by atoms with Crippen molar-refractivity contribution in [3.8, 4) is 5.75 Å². The first kappa shape index (κ1) is 25.4. The predicted molar refractivity (Wildman–Crippen MR) is 140 cm³/mol. The maximum Gasteiger partial charge on any atom is 0.326 e. The Kier molecular flexibility index (Phi) is 8.21. The van der Waals surface area contributed by atoms with Gasteiger partial charge < -0.3 is 14.7 Å². The average Bonchev–Trinajstić information content (AvgIpc) is 2.85. The summed E-state index contributed by atoms with van der Waals surface area (Å²) >= 11 is 12.5. The molecule has 7 nitrogen and oxygen atoms in total. The maximum absolute atomic E-state index is 12.3. The van der Waals surface area contributed by atoms with E-state index >= 15 is 0 Å². The highest BCUT2D eigenvalue weighted by molar-refractivity contribution is 6.43. The molecule has 1 aliphatic heterocycles. The first-order valence-electron chi connectivity index (χ1n) is 11.8. The number of rotatable bonds is 9. The minimum atomic E-state index is -1.05. The predicted octanol–water partition coefficient (Wildman–Crippen LogP) is 4.94. The van der Waals surface area contributed by atoms with Crippen molar-refractivity contribution in [2.45, 2.75) is 25.8 Å². The summed E-state index contributed by atoms with van der Waals surface area (Å²) in [6.45, 7) is 6.79. The van der Waals surface area contributed by atoms with Crippen LogP contribution in [0.3, 0.4) is 0 Å². The van der Waals surface area contributed by atoms with E-state index in [9.17, 15) is 14.7 Å². The van der Waals surface area contributed by atoms with Gasteiger partial charge in [-0.2, -0.15) is 0 Å². The topological polar surface area (TPSA) is 75.0 Å². The van der Waals surface area contributed by atoms with E-state index in [1.807, 2.05) is 24.3 Å². The number of hydrogen-bond donors (Lipinski definition) is 1. The van der Waals surface area contributed by atoms with Crippen molar-refractivity contribution in [3.05, 3.63) is 68.9 Å². The van der Waals surface area contributed by atoms with Crippen LogP contribution in [-0.4, -0.2) is 59.9 Å². The van der Waals surface area contributed by atoms with E-state index in [0.717, 1.165) is 56.6 Å². The molecule has 1 atom stereocenters. The van der Waals surface area contributed by atoms with Gasteiger partial charge in [0, 0.05) is 38.3 Å². The van der Waals surface area contributed by atoms with Crippen molar-refractivity contribution in [1.29, 1.82) is 0 Å². The molecule has 186 valence electrons. The van der Waals surface area contributed by atoms with Crippen molar-refractivity contribution >= 4 is 45.8 Å². The lowest BCUT2D eigenvalue weighted by atomic mass is 10.2. The van der Waals surface area contributed by atoms with Gasteiger partial charge in [0.15, 0.2) is 0 Å². The Morgan fingerprint density at radius 2 is 1.80 bits per heavy atom. The second kappa shape index (κ2) is 11.3. The standard InChI is InChI=1S/C26H29Cl2N3O4/c1-18(26(33)34)31-23-17-20(9-7-19(23)8-10-24(31)32)35-16-3-2-11-29-12-14-30(15-13-29)22-6-4-5-21(27)25(22)28/h4-10,17-18H,2-3,11-16H2,1H3,(H,33,34). The summed E-state index contributed by atoms with van der Waals surface area (Å²) < 4.78 is 7.21. The van der Waals surface area contributed by atoms with Crippen LogP contribution < -0.4 is 15.2 Å². The number of nitrogens with zero attached hydrogens (tertiary/aromatic N) is 3. The average molecular weight is 518 g/mol. The minimum Gasteiger partial charge on any atom is -0.494 e. The number of ether oxygens (including phenoxy) is 1. The van der Waals surface area contributed by atoms with Gasteiger partial charge in [-0.15, -0.1) is 0 Å². The minimum absolute atomic E-state index is 0.345. The van der Waals surface area contributed by atoms with Gasteiger partial charge in [-0.25, -0.2) is 4.79 Å². The number of aromatic nitrogens is 1. The van der Waals surface area contributed by atoms with Crippen LogP contribution in [0, 0.1) is 0 Å². The Hall–Kier alpha value is -2.74. The number of unbranched alkanes of at least 4 members (excludes halogenated alkanes) is 1. The quantitative estimate of drug-likeness (QED) is 0.405. The number of aliphatic carboxylic acids is 1. The number of fused-ring (bicyclic) bond motifs is 1. The first-order valence-corrected chi connectivity index (χ1v) is 12.5. The number of halogens is 2. The van der Waals surface area contributed by atoms with Crippen molar-refractivity contribution in [3.63, 3.8) is 0 Å². The third kappa shape index (κ3) is 5.92. The van der Waals surface area contributed by atoms with E-state index in [1.165, 1.54) is 17.6 Å². The van der Waals surface area contributed by atoms with Crippen LogP contribution >= 0.6 is 23.2 Å². The lowest BCUT2D eigenvalue weighted by molar-refractivity contribution is -0.140. The van der Waals surface area contributed by atoms with Crippen LogP contribution in [0.25, 0.3) is 10.9 Å². The number of anilines is 1. The lowest BCUT2D eigenvalue weighted by Crippen LogP contribution is -2.46. The molecule has 1 N–H and O–H groups in total. The Labute approximate surface area is 214 Å². The molecule has 35 heavy (non-hydrogen) atoms. The summed E-state index contributed by atoms with van der Waals surface area (Å²) in [6.07, 6.45) is 1.90. The number of piperazine rings is 1. The third-order valence-corrected chi connectivity index (χ3v) is 7.24. The summed E-state index contributed by atoms with van der Waals surface area (Å²) in [5.41, 5.74) is 1.20. The number of carboxylic acids is 1. The van der Waals surface area contributed by atoms with Crippen LogP contribution in [0.2, 0.25) is 10.0 Å². The number of pyridine rings is 1. The van der Waals surface area contributed by atoms with Gasteiger partial charge in [0.25, 0.3) is 5.56 Å². The molecule has 4 rings (SSSR count). The molecule has 2 heterocycles. The molecule has 1 fully saturated rings. The maximum atomic E-state index is 12.3. The third-order valence-electron chi connectivity index (χ3n) is 6.43. The van der Waals surface area contributed by atoms with Gasteiger partial charge in [-0.3, -0.25) is 14.3 Å². The second-order valence-electron chi connectivity index (χ2n) is 8.73. The fraction of sp³-hybridized carbons (Fsp3) is 0.385. The normalized spacial score (nSPS) is 15.3. The van der Waals surface area contributed by atoms with Crippen molar-refractivity contribution < 1.29 is 14.6 Å². The zero-order chi connectivity index (χ0) is 24.9. The number of carboxylic acid groups (broad SMARTS) is 1. The largest absolute Gasteiger partial charge is 0.494 e. The Morgan fingerprint density at radius 3 is 2.54 bits per heavy atom. The van der Waals surface area contributed by atoms with Gasteiger partial charge in [-0.1, -0.05) is 29.3 Å². The highest BCUT2D eigenvalue weighted by Crippen LogP contribution is 2.33. The van der Waals surface area contributed by atoms with Gasteiger partial charge >= 0.3 is 5.97 Å². The SMILES string of the molecule is CC(C(=O)O)n1c(=O)ccc2ccc(OCCCCN3CCN(c4cccc(Cl)c4Cl)CC3)cc21. The Morgan fingerprint density at radius 1 is 1.06 bits per heavy atom. The molecule has 0 aliphatic carbocycles. The summed E-state index contributed by atoms with van der Waals surface area (Å²) in [5, 5.41) is 11.4.